The smallest absolute Gasteiger partial charge is 0.327 e. The molecule has 2 aromatic rings. The summed E-state index contributed by atoms with van der Waals surface area (Å²) in [4.78, 5) is 23.9. The van der Waals surface area contributed by atoms with Crippen LogP contribution < -0.4 is 15.2 Å². The molecule has 0 aliphatic carbocycles. The molecule has 2 rings (SSSR count). The molecule has 32 heavy (non-hydrogen) atoms. The largest absolute Gasteiger partial charge is 0.454 e. The fourth-order valence-electron chi connectivity index (χ4n) is 2.37. The summed E-state index contributed by atoms with van der Waals surface area (Å²) >= 11 is 5.72. The van der Waals surface area contributed by atoms with Crippen LogP contribution in [0, 0.1) is 0 Å². The Bertz CT molecular complexity index is 1200. The van der Waals surface area contributed by atoms with E-state index < -0.39 is 50.7 Å². The van der Waals surface area contributed by atoms with Crippen molar-refractivity contribution in [3.63, 3.8) is 0 Å². The first-order valence-electron chi connectivity index (χ1n) is 8.85. The van der Waals surface area contributed by atoms with Crippen molar-refractivity contribution in [1.29, 1.82) is 0 Å². The van der Waals surface area contributed by atoms with E-state index in [2.05, 4.69) is 5.32 Å². The average Bonchev–Trinajstić information content (AvgIpc) is 2.70. The van der Waals surface area contributed by atoms with E-state index in [1.807, 2.05) is 4.72 Å². The van der Waals surface area contributed by atoms with Crippen LogP contribution in [0.25, 0.3) is 0 Å². The van der Waals surface area contributed by atoms with E-state index in [1.54, 1.807) is 0 Å². The van der Waals surface area contributed by atoms with E-state index in [4.69, 9.17) is 21.5 Å². The maximum Gasteiger partial charge on any atom is 0.327 e. The van der Waals surface area contributed by atoms with Crippen LogP contribution in [0.5, 0.6) is 0 Å². The van der Waals surface area contributed by atoms with Crippen LogP contribution in [0.15, 0.2) is 58.3 Å². The van der Waals surface area contributed by atoms with Gasteiger partial charge in [0, 0.05) is 10.7 Å². The van der Waals surface area contributed by atoms with Gasteiger partial charge in [-0.2, -0.15) is 4.72 Å². The first-order valence-corrected chi connectivity index (χ1v) is 12.3. The number of nitrogens with one attached hydrogen (secondary N) is 2. The molecule has 14 heteroatoms. The van der Waals surface area contributed by atoms with Gasteiger partial charge < -0.3 is 15.2 Å². The second kappa shape index (κ2) is 10.4. The molecular formula is C18H20ClN3O8S2. The third-order valence-electron chi connectivity index (χ3n) is 3.93. The van der Waals surface area contributed by atoms with Crippen LogP contribution >= 0.6 is 11.6 Å². The van der Waals surface area contributed by atoms with Gasteiger partial charge in [-0.15, -0.1) is 0 Å². The minimum Gasteiger partial charge on any atom is -0.454 e. The monoisotopic (exact) mass is 505 g/mol. The molecule has 0 fully saturated rings. The van der Waals surface area contributed by atoms with Gasteiger partial charge in [-0.05, 0) is 49.4 Å². The third kappa shape index (κ3) is 7.25. The number of rotatable bonds is 9. The lowest BCUT2D eigenvalue weighted by atomic mass is 10.2. The summed E-state index contributed by atoms with van der Waals surface area (Å²) in [6, 6.07) is 8.44. The van der Waals surface area contributed by atoms with Gasteiger partial charge >= 0.3 is 5.97 Å². The van der Waals surface area contributed by atoms with Gasteiger partial charge in [-0.1, -0.05) is 17.7 Å². The highest BCUT2D eigenvalue weighted by Crippen LogP contribution is 2.16. The van der Waals surface area contributed by atoms with Crippen LogP contribution in [0.2, 0.25) is 5.02 Å². The zero-order valence-electron chi connectivity index (χ0n) is 16.6. The van der Waals surface area contributed by atoms with Crippen LogP contribution in [-0.4, -0.2) is 52.6 Å². The molecule has 0 heterocycles. The molecule has 0 aliphatic heterocycles. The van der Waals surface area contributed by atoms with Crippen molar-refractivity contribution in [1.82, 2.24) is 4.72 Å². The van der Waals surface area contributed by atoms with Crippen LogP contribution in [0.1, 0.15) is 6.92 Å². The van der Waals surface area contributed by atoms with Crippen LogP contribution in [0.3, 0.4) is 0 Å². The highest BCUT2D eigenvalue weighted by Gasteiger charge is 2.31. The van der Waals surface area contributed by atoms with Gasteiger partial charge in [-0.25, -0.2) is 22.0 Å². The molecule has 0 unspecified atom stereocenters. The lowest BCUT2D eigenvalue weighted by Crippen LogP contribution is -2.48. The Morgan fingerprint density at radius 2 is 1.72 bits per heavy atom. The van der Waals surface area contributed by atoms with Crippen molar-refractivity contribution >= 4 is 49.2 Å². The Kier molecular flexibility index (Phi) is 8.34. The number of aliphatic hydroxyl groups excluding tert-OH is 1. The normalized spacial score (nSPS) is 13.8. The van der Waals surface area contributed by atoms with Crippen molar-refractivity contribution < 1.29 is 36.3 Å². The van der Waals surface area contributed by atoms with E-state index in [0.717, 1.165) is 13.0 Å². The summed E-state index contributed by atoms with van der Waals surface area (Å²) in [6.07, 6.45) is -1.49. The molecule has 0 radical (unpaired) electrons. The van der Waals surface area contributed by atoms with Crippen molar-refractivity contribution in [3.8, 4) is 0 Å². The Morgan fingerprint density at radius 3 is 2.28 bits per heavy atom. The molecular weight excluding hydrogens is 486 g/mol. The minimum absolute atomic E-state index is 0.0769. The highest BCUT2D eigenvalue weighted by atomic mass is 35.5. The number of nitrogens with two attached hydrogens (primary N) is 1. The van der Waals surface area contributed by atoms with Gasteiger partial charge in [0.15, 0.2) is 6.61 Å². The van der Waals surface area contributed by atoms with Gasteiger partial charge in [0.25, 0.3) is 5.91 Å². The van der Waals surface area contributed by atoms with Crippen LogP contribution in [0.4, 0.5) is 5.69 Å². The molecule has 1 amide bonds. The molecule has 2 aromatic carbocycles. The number of hydrogen-bond acceptors (Lipinski definition) is 8. The SMILES string of the molecule is C[C@H](O)[C@@H](NS(=O)(=O)c1ccc(Cl)cc1)C(=O)OCC(=O)Nc1cccc(S(N)(=O)=O)c1. The number of ether oxygens (including phenoxy) is 1. The standard InChI is InChI=1S/C18H20ClN3O8S2/c1-11(23)17(22-32(28,29)14-7-5-12(19)6-8-14)18(25)30-10-16(24)21-13-3-2-4-15(9-13)31(20,26)27/h2-9,11,17,22-23H,10H2,1H3,(H,21,24)(H2,20,26,27)/t11-,17+/m0/s1. The summed E-state index contributed by atoms with van der Waals surface area (Å²) in [5.74, 6) is -2.04. The second-order valence-electron chi connectivity index (χ2n) is 6.52. The first kappa shape index (κ1) is 25.7. The number of hydrogen-bond donors (Lipinski definition) is 4. The zero-order chi connectivity index (χ0) is 24.1. The van der Waals surface area contributed by atoms with E-state index in [1.165, 1.54) is 42.5 Å². The fraction of sp³-hybridized carbons (Fsp3) is 0.222. The molecule has 2 atom stereocenters. The number of carbonyl (C=O) groups is 2. The number of benzene rings is 2. The first-order chi connectivity index (χ1) is 14.8. The number of sulfonamides is 2. The number of anilines is 1. The molecule has 174 valence electrons. The predicted molar refractivity (Wildman–Crippen MR) is 115 cm³/mol. The molecule has 11 nitrogen and oxygen atoms in total. The molecule has 0 bridgehead atoms. The molecule has 0 aromatic heterocycles. The highest BCUT2D eigenvalue weighted by molar-refractivity contribution is 7.89. The number of esters is 1. The summed E-state index contributed by atoms with van der Waals surface area (Å²) < 4.78 is 54.4. The topological polar surface area (TPSA) is 182 Å². The molecule has 0 aliphatic rings. The lowest BCUT2D eigenvalue weighted by Gasteiger charge is -2.20. The Balaban J connectivity index is 2.02. The van der Waals surface area contributed by atoms with E-state index in [0.29, 0.717) is 5.02 Å². The molecule has 0 spiro atoms. The number of primary sulfonamides is 1. The van der Waals surface area contributed by atoms with Crippen molar-refractivity contribution in [2.24, 2.45) is 5.14 Å². The number of aliphatic hydroxyl groups is 1. The predicted octanol–water partition coefficient (Wildman–Crippen LogP) is 0.197. The Morgan fingerprint density at radius 1 is 1.09 bits per heavy atom. The molecule has 0 saturated carbocycles. The van der Waals surface area contributed by atoms with Gasteiger partial charge in [-0.3, -0.25) is 9.59 Å². The van der Waals surface area contributed by atoms with Crippen molar-refractivity contribution in [3.05, 3.63) is 53.6 Å². The third-order valence-corrected chi connectivity index (χ3v) is 6.55. The van der Waals surface area contributed by atoms with Gasteiger partial charge in [0.2, 0.25) is 20.0 Å². The quantitative estimate of drug-likeness (QED) is 0.348. The fourth-order valence-corrected chi connectivity index (χ4v) is 4.31. The number of halogens is 1. The van der Waals surface area contributed by atoms with Crippen molar-refractivity contribution in [2.45, 2.75) is 28.9 Å². The van der Waals surface area contributed by atoms with Crippen molar-refractivity contribution in [2.75, 3.05) is 11.9 Å². The van der Waals surface area contributed by atoms with E-state index in [9.17, 15) is 31.5 Å². The van der Waals surface area contributed by atoms with Crippen LogP contribution in [-0.2, 0) is 34.4 Å². The van der Waals surface area contributed by atoms with Gasteiger partial charge in [0.1, 0.15) is 6.04 Å². The minimum atomic E-state index is -4.21. The molecule has 5 N–H and O–H groups in total. The van der Waals surface area contributed by atoms with Gasteiger partial charge in [0.05, 0.1) is 15.9 Å². The summed E-state index contributed by atoms with van der Waals surface area (Å²) in [6.45, 7) is 0.333. The average molecular weight is 506 g/mol. The number of amides is 1. The van der Waals surface area contributed by atoms with E-state index >= 15 is 0 Å². The summed E-state index contributed by atoms with van der Waals surface area (Å²) in [5, 5.41) is 17.5. The lowest BCUT2D eigenvalue weighted by molar-refractivity contribution is -0.151. The maximum absolute atomic E-state index is 12.4. The summed E-state index contributed by atoms with van der Waals surface area (Å²) in [5.41, 5.74) is 0.0769. The van der Waals surface area contributed by atoms with E-state index in [-0.39, 0.29) is 15.5 Å². The number of carbonyl (C=O) groups excluding carboxylic acids is 2. The maximum atomic E-state index is 12.4. The Hall–Kier alpha value is -2.55. The Labute approximate surface area is 189 Å². The summed E-state index contributed by atoms with van der Waals surface area (Å²) in [7, 11) is -8.20. The second-order valence-corrected chi connectivity index (χ2v) is 10.2. The molecule has 0 saturated heterocycles. The zero-order valence-corrected chi connectivity index (χ0v) is 18.9.